The molecule has 0 aliphatic heterocycles. The van der Waals surface area contributed by atoms with Crippen LogP contribution in [0.2, 0.25) is 0 Å². The van der Waals surface area contributed by atoms with E-state index < -0.39 is 11.9 Å². The van der Waals surface area contributed by atoms with E-state index >= 15 is 0 Å². The predicted octanol–water partition coefficient (Wildman–Crippen LogP) is 2.24. The van der Waals surface area contributed by atoms with Crippen molar-refractivity contribution in [3.63, 3.8) is 0 Å². The van der Waals surface area contributed by atoms with E-state index in [1.54, 1.807) is 12.1 Å². The quantitative estimate of drug-likeness (QED) is 0.803. The molecule has 0 bridgehead atoms. The van der Waals surface area contributed by atoms with Gasteiger partial charge in [0.1, 0.15) is 0 Å². The first-order valence-corrected chi connectivity index (χ1v) is 6.81. The number of carboxylic acids is 1. The van der Waals surface area contributed by atoms with Crippen LogP contribution < -0.4 is 10.6 Å². The summed E-state index contributed by atoms with van der Waals surface area (Å²) in [6, 6.07) is 4.90. The first-order chi connectivity index (χ1) is 8.95. The molecule has 104 valence electrons. The van der Waals surface area contributed by atoms with Crippen LogP contribution in [0, 0.1) is 0 Å². The number of nitrogens with zero attached hydrogens (tertiary/aromatic N) is 1. The first kappa shape index (κ1) is 15.5. The second-order valence-corrected chi connectivity index (χ2v) is 5.07. The third kappa shape index (κ3) is 4.55. The highest BCUT2D eigenvalue weighted by molar-refractivity contribution is 9.10. The van der Waals surface area contributed by atoms with E-state index in [4.69, 9.17) is 10.8 Å². The third-order valence-electron chi connectivity index (χ3n) is 2.68. The van der Waals surface area contributed by atoms with E-state index in [1.807, 2.05) is 4.90 Å². The molecule has 0 aliphatic rings. The summed E-state index contributed by atoms with van der Waals surface area (Å²) in [7, 11) is 0. The van der Waals surface area contributed by atoms with Gasteiger partial charge in [-0.1, -0.05) is 13.3 Å². The van der Waals surface area contributed by atoms with Crippen molar-refractivity contribution in [2.75, 3.05) is 18.0 Å². The average Bonchev–Trinajstić information content (AvgIpc) is 2.33. The lowest BCUT2D eigenvalue weighted by molar-refractivity contribution is -0.116. The summed E-state index contributed by atoms with van der Waals surface area (Å²) >= 11 is 3.23. The minimum absolute atomic E-state index is 0.124. The Hall–Kier alpha value is -1.56. The van der Waals surface area contributed by atoms with Crippen molar-refractivity contribution >= 4 is 33.5 Å². The molecule has 6 heteroatoms. The molecule has 3 N–H and O–H groups in total. The number of unbranched alkanes of at least 4 members (excludes halogenated alkanes) is 1. The van der Waals surface area contributed by atoms with Gasteiger partial charge in [0.15, 0.2) is 0 Å². The summed E-state index contributed by atoms with van der Waals surface area (Å²) in [5.74, 6) is -1.40. The van der Waals surface area contributed by atoms with E-state index in [0.29, 0.717) is 11.0 Å². The van der Waals surface area contributed by atoms with Gasteiger partial charge >= 0.3 is 5.97 Å². The largest absolute Gasteiger partial charge is 0.478 e. The summed E-state index contributed by atoms with van der Waals surface area (Å²) in [4.78, 5) is 23.9. The fourth-order valence-electron chi connectivity index (χ4n) is 1.71. The van der Waals surface area contributed by atoms with Crippen LogP contribution in [0.15, 0.2) is 22.7 Å². The number of amides is 1. The lowest BCUT2D eigenvalue weighted by Crippen LogP contribution is -2.34. The molecule has 1 rings (SSSR count). The standard InChI is InChI=1S/C13H17BrN2O3/c1-2-3-6-16(8-12(15)17)9-4-5-10(13(18)19)11(14)7-9/h4-5,7H,2-3,6,8H2,1H3,(H2,15,17)(H,18,19). The van der Waals surface area contributed by atoms with Crippen molar-refractivity contribution in [3.05, 3.63) is 28.2 Å². The van der Waals surface area contributed by atoms with Gasteiger partial charge in [-0.25, -0.2) is 4.79 Å². The number of benzene rings is 1. The van der Waals surface area contributed by atoms with Crippen molar-refractivity contribution in [1.82, 2.24) is 0 Å². The number of halogens is 1. The van der Waals surface area contributed by atoms with Crippen LogP contribution in [-0.4, -0.2) is 30.1 Å². The topological polar surface area (TPSA) is 83.6 Å². The van der Waals surface area contributed by atoms with Gasteiger partial charge in [0.25, 0.3) is 0 Å². The zero-order valence-electron chi connectivity index (χ0n) is 10.7. The highest BCUT2D eigenvalue weighted by Gasteiger charge is 2.13. The highest BCUT2D eigenvalue weighted by atomic mass is 79.9. The molecule has 0 saturated heterocycles. The molecule has 0 atom stereocenters. The monoisotopic (exact) mass is 328 g/mol. The molecule has 0 heterocycles. The molecular formula is C13H17BrN2O3. The van der Waals surface area contributed by atoms with Gasteiger partial charge in [-0.3, -0.25) is 4.79 Å². The summed E-state index contributed by atoms with van der Waals surface area (Å²) < 4.78 is 0.489. The second kappa shape index (κ2) is 7.13. The Kier molecular flexibility index (Phi) is 5.82. The van der Waals surface area contributed by atoms with Crippen LogP contribution in [0.4, 0.5) is 5.69 Å². The molecule has 0 aliphatic carbocycles. The molecule has 5 nitrogen and oxygen atoms in total. The average molecular weight is 329 g/mol. The summed E-state index contributed by atoms with van der Waals surface area (Å²) in [6.45, 7) is 2.89. The van der Waals surface area contributed by atoms with Crippen LogP contribution >= 0.6 is 15.9 Å². The zero-order chi connectivity index (χ0) is 14.4. The number of carbonyl (C=O) groups excluding carboxylic acids is 1. The lowest BCUT2D eigenvalue weighted by atomic mass is 10.2. The van der Waals surface area contributed by atoms with Crippen LogP contribution in [0.25, 0.3) is 0 Å². The first-order valence-electron chi connectivity index (χ1n) is 6.01. The van der Waals surface area contributed by atoms with E-state index in [9.17, 15) is 9.59 Å². The number of rotatable bonds is 7. The number of primary amides is 1. The fraction of sp³-hybridized carbons (Fsp3) is 0.385. The second-order valence-electron chi connectivity index (χ2n) is 4.21. The number of carboxylic acid groups (broad SMARTS) is 1. The number of hydrogen-bond donors (Lipinski definition) is 2. The molecule has 19 heavy (non-hydrogen) atoms. The van der Waals surface area contributed by atoms with Crippen molar-refractivity contribution in [2.45, 2.75) is 19.8 Å². The van der Waals surface area contributed by atoms with Crippen LogP contribution in [-0.2, 0) is 4.79 Å². The molecule has 1 aromatic rings. The molecule has 0 spiro atoms. The summed E-state index contributed by atoms with van der Waals surface area (Å²) in [5.41, 5.74) is 6.21. The predicted molar refractivity (Wildman–Crippen MR) is 77.4 cm³/mol. The number of anilines is 1. The van der Waals surface area contributed by atoms with Gasteiger partial charge < -0.3 is 15.7 Å². The number of aromatic carboxylic acids is 1. The number of hydrogen-bond acceptors (Lipinski definition) is 3. The Bertz CT molecular complexity index is 477. The Morgan fingerprint density at radius 3 is 2.58 bits per heavy atom. The Balaban J connectivity index is 2.98. The van der Waals surface area contributed by atoms with Gasteiger partial charge in [0.05, 0.1) is 12.1 Å². The van der Waals surface area contributed by atoms with E-state index in [1.165, 1.54) is 6.07 Å². The van der Waals surface area contributed by atoms with Gasteiger partial charge in [0, 0.05) is 16.7 Å². The Morgan fingerprint density at radius 2 is 2.11 bits per heavy atom. The third-order valence-corrected chi connectivity index (χ3v) is 3.33. The van der Waals surface area contributed by atoms with Crippen molar-refractivity contribution < 1.29 is 14.7 Å². The lowest BCUT2D eigenvalue weighted by Gasteiger charge is -2.23. The maximum absolute atomic E-state index is 11.1. The van der Waals surface area contributed by atoms with E-state index in [-0.39, 0.29) is 12.1 Å². The van der Waals surface area contributed by atoms with Gasteiger partial charge in [-0.05, 0) is 40.5 Å². The molecule has 1 aromatic carbocycles. The summed E-state index contributed by atoms with van der Waals surface area (Å²) in [5, 5.41) is 8.96. The van der Waals surface area contributed by atoms with E-state index in [0.717, 1.165) is 18.5 Å². The number of carbonyl (C=O) groups is 2. The maximum Gasteiger partial charge on any atom is 0.336 e. The molecule has 0 aromatic heterocycles. The van der Waals surface area contributed by atoms with Crippen LogP contribution in [0.3, 0.4) is 0 Å². The van der Waals surface area contributed by atoms with Gasteiger partial charge in [-0.15, -0.1) is 0 Å². The molecule has 1 amide bonds. The smallest absolute Gasteiger partial charge is 0.336 e. The van der Waals surface area contributed by atoms with Crippen LogP contribution in [0.5, 0.6) is 0 Å². The highest BCUT2D eigenvalue weighted by Crippen LogP contribution is 2.24. The minimum atomic E-state index is -0.992. The number of nitrogens with two attached hydrogens (primary N) is 1. The molecule has 0 radical (unpaired) electrons. The fourth-order valence-corrected chi connectivity index (χ4v) is 2.25. The van der Waals surface area contributed by atoms with Crippen molar-refractivity contribution in [1.29, 1.82) is 0 Å². The zero-order valence-corrected chi connectivity index (χ0v) is 12.3. The van der Waals surface area contributed by atoms with Gasteiger partial charge in [0.2, 0.25) is 5.91 Å². The SMILES string of the molecule is CCCCN(CC(N)=O)c1ccc(C(=O)O)c(Br)c1. The molecular weight excluding hydrogens is 312 g/mol. The normalized spacial score (nSPS) is 10.2. The molecule has 0 saturated carbocycles. The van der Waals surface area contributed by atoms with Crippen molar-refractivity contribution in [2.24, 2.45) is 5.73 Å². The maximum atomic E-state index is 11.1. The van der Waals surface area contributed by atoms with Crippen molar-refractivity contribution in [3.8, 4) is 0 Å². The minimum Gasteiger partial charge on any atom is -0.478 e. The Morgan fingerprint density at radius 1 is 1.42 bits per heavy atom. The van der Waals surface area contributed by atoms with Gasteiger partial charge in [-0.2, -0.15) is 0 Å². The molecule has 0 fully saturated rings. The molecule has 0 unspecified atom stereocenters. The Labute approximate surface area is 120 Å². The van der Waals surface area contributed by atoms with Crippen LogP contribution in [0.1, 0.15) is 30.1 Å². The van der Waals surface area contributed by atoms with E-state index in [2.05, 4.69) is 22.9 Å². The summed E-state index contributed by atoms with van der Waals surface area (Å²) in [6.07, 6.45) is 1.94.